The summed E-state index contributed by atoms with van der Waals surface area (Å²) in [5, 5.41) is 6.91. The van der Waals surface area contributed by atoms with Gasteiger partial charge in [-0.25, -0.2) is 4.98 Å². The van der Waals surface area contributed by atoms with Gasteiger partial charge in [0.05, 0.1) is 5.01 Å². The first-order chi connectivity index (χ1) is 7.83. The lowest BCUT2D eigenvalue weighted by molar-refractivity contribution is 0.484. The highest BCUT2D eigenvalue weighted by molar-refractivity contribution is 7.09. The Kier molecular flexibility index (Phi) is 7.43. The minimum atomic E-state index is 0.680. The smallest absolute Gasteiger partial charge is 0.0924 e. The molecular formula is C13H24N2S. The first kappa shape index (κ1) is 13.7. The Morgan fingerprint density at radius 3 is 2.94 bits per heavy atom. The van der Waals surface area contributed by atoms with E-state index in [0.717, 1.165) is 13.0 Å². The number of thiazole rings is 1. The third-order valence-corrected chi connectivity index (χ3v) is 3.62. The molecule has 0 aliphatic carbocycles. The van der Waals surface area contributed by atoms with Gasteiger partial charge in [0.25, 0.3) is 0 Å². The van der Waals surface area contributed by atoms with Gasteiger partial charge >= 0.3 is 0 Å². The highest BCUT2D eigenvalue weighted by atomic mass is 32.1. The van der Waals surface area contributed by atoms with E-state index in [-0.39, 0.29) is 0 Å². The Balaban J connectivity index is 1.91. The zero-order valence-electron chi connectivity index (χ0n) is 10.5. The molecule has 1 unspecified atom stereocenters. The molecule has 0 spiro atoms. The van der Waals surface area contributed by atoms with Crippen molar-refractivity contribution in [3.63, 3.8) is 0 Å². The maximum atomic E-state index is 4.29. The van der Waals surface area contributed by atoms with Crippen molar-refractivity contribution in [1.82, 2.24) is 10.3 Å². The zero-order chi connectivity index (χ0) is 11.6. The van der Waals surface area contributed by atoms with Gasteiger partial charge in [-0.15, -0.1) is 11.3 Å². The van der Waals surface area contributed by atoms with Crippen LogP contribution in [0.5, 0.6) is 0 Å². The Hall–Kier alpha value is -0.410. The molecule has 0 aliphatic rings. The number of hydrogen-bond acceptors (Lipinski definition) is 3. The maximum Gasteiger partial charge on any atom is 0.0924 e. The molecule has 1 heterocycles. The van der Waals surface area contributed by atoms with Gasteiger partial charge in [0.15, 0.2) is 0 Å². The number of nitrogens with zero attached hydrogens (tertiary/aromatic N) is 1. The lowest BCUT2D eigenvalue weighted by atomic mass is 10.1. The summed E-state index contributed by atoms with van der Waals surface area (Å²) in [7, 11) is 0. The molecule has 0 aromatic carbocycles. The quantitative estimate of drug-likeness (QED) is 0.667. The van der Waals surface area contributed by atoms with E-state index in [1.54, 1.807) is 11.3 Å². The number of rotatable bonds is 9. The Labute approximate surface area is 103 Å². The van der Waals surface area contributed by atoms with Gasteiger partial charge in [0.1, 0.15) is 0 Å². The van der Waals surface area contributed by atoms with Crippen LogP contribution in [-0.4, -0.2) is 17.6 Å². The summed E-state index contributed by atoms with van der Waals surface area (Å²) in [4.78, 5) is 4.29. The SMILES string of the molecule is CCCCC(C)NCCCCc1nccs1. The Morgan fingerprint density at radius 1 is 1.38 bits per heavy atom. The summed E-state index contributed by atoms with van der Waals surface area (Å²) in [6.07, 6.45) is 9.50. The lowest BCUT2D eigenvalue weighted by Gasteiger charge is -2.12. The normalized spacial score (nSPS) is 12.9. The fourth-order valence-corrected chi connectivity index (χ4v) is 2.40. The molecule has 1 rings (SSSR count). The van der Waals surface area contributed by atoms with Gasteiger partial charge in [-0.1, -0.05) is 19.8 Å². The predicted molar refractivity (Wildman–Crippen MR) is 72.0 cm³/mol. The zero-order valence-corrected chi connectivity index (χ0v) is 11.4. The molecule has 1 aromatic heterocycles. The van der Waals surface area contributed by atoms with Crippen LogP contribution >= 0.6 is 11.3 Å². The molecule has 1 atom stereocenters. The second-order valence-corrected chi connectivity index (χ2v) is 5.36. The molecule has 0 saturated carbocycles. The van der Waals surface area contributed by atoms with Crippen molar-refractivity contribution in [3.8, 4) is 0 Å². The minimum absolute atomic E-state index is 0.680. The van der Waals surface area contributed by atoms with Crippen LogP contribution in [0.25, 0.3) is 0 Å². The van der Waals surface area contributed by atoms with E-state index in [1.807, 2.05) is 6.20 Å². The van der Waals surface area contributed by atoms with Crippen LogP contribution in [0.4, 0.5) is 0 Å². The summed E-state index contributed by atoms with van der Waals surface area (Å²) in [5.74, 6) is 0. The van der Waals surface area contributed by atoms with Crippen molar-refractivity contribution in [2.24, 2.45) is 0 Å². The van der Waals surface area contributed by atoms with Crippen molar-refractivity contribution in [1.29, 1.82) is 0 Å². The molecule has 1 N–H and O–H groups in total. The molecule has 0 amide bonds. The summed E-state index contributed by atoms with van der Waals surface area (Å²) in [6, 6.07) is 0.680. The monoisotopic (exact) mass is 240 g/mol. The summed E-state index contributed by atoms with van der Waals surface area (Å²) in [5.41, 5.74) is 0. The van der Waals surface area contributed by atoms with Crippen LogP contribution in [0, 0.1) is 0 Å². The minimum Gasteiger partial charge on any atom is -0.314 e. The first-order valence-electron chi connectivity index (χ1n) is 6.44. The molecule has 1 aromatic rings. The number of unbranched alkanes of at least 4 members (excludes halogenated alkanes) is 2. The van der Waals surface area contributed by atoms with Crippen LogP contribution in [0.15, 0.2) is 11.6 Å². The molecule has 0 radical (unpaired) electrons. The van der Waals surface area contributed by atoms with E-state index in [2.05, 4.69) is 29.5 Å². The Morgan fingerprint density at radius 2 is 2.25 bits per heavy atom. The van der Waals surface area contributed by atoms with Crippen LogP contribution in [0.3, 0.4) is 0 Å². The number of hydrogen-bond donors (Lipinski definition) is 1. The van der Waals surface area contributed by atoms with Crippen LogP contribution in [0.2, 0.25) is 0 Å². The van der Waals surface area contributed by atoms with Crippen molar-refractivity contribution in [2.45, 2.75) is 58.4 Å². The second-order valence-electron chi connectivity index (χ2n) is 4.38. The Bertz CT molecular complexity index is 246. The van der Waals surface area contributed by atoms with Crippen molar-refractivity contribution < 1.29 is 0 Å². The molecule has 0 fully saturated rings. The summed E-state index contributed by atoms with van der Waals surface area (Å²) in [6.45, 7) is 5.69. The van der Waals surface area contributed by atoms with Gasteiger partial charge in [-0.2, -0.15) is 0 Å². The average Bonchev–Trinajstić information content (AvgIpc) is 2.79. The van der Waals surface area contributed by atoms with E-state index >= 15 is 0 Å². The van der Waals surface area contributed by atoms with Crippen molar-refractivity contribution >= 4 is 11.3 Å². The van der Waals surface area contributed by atoms with E-state index in [4.69, 9.17) is 0 Å². The number of aryl methyl sites for hydroxylation is 1. The first-order valence-corrected chi connectivity index (χ1v) is 7.32. The fourth-order valence-electron chi connectivity index (χ4n) is 1.74. The van der Waals surface area contributed by atoms with Gasteiger partial charge in [-0.3, -0.25) is 0 Å². The van der Waals surface area contributed by atoms with Crippen molar-refractivity contribution in [3.05, 3.63) is 16.6 Å². The summed E-state index contributed by atoms with van der Waals surface area (Å²) >= 11 is 1.77. The number of aromatic nitrogens is 1. The summed E-state index contributed by atoms with van der Waals surface area (Å²) < 4.78 is 0. The molecule has 92 valence electrons. The maximum absolute atomic E-state index is 4.29. The van der Waals surface area contributed by atoms with Gasteiger partial charge in [0, 0.05) is 17.6 Å². The van der Waals surface area contributed by atoms with Crippen molar-refractivity contribution in [2.75, 3.05) is 6.54 Å². The van der Waals surface area contributed by atoms with Gasteiger partial charge in [-0.05, 0) is 39.2 Å². The standard InChI is InChI=1S/C13H24N2S/c1-3-4-7-12(2)14-9-6-5-8-13-15-10-11-16-13/h10-12,14H,3-9H2,1-2H3. The topological polar surface area (TPSA) is 24.9 Å². The molecule has 2 nitrogen and oxygen atoms in total. The van der Waals surface area contributed by atoms with Gasteiger partial charge in [0.2, 0.25) is 0 Å². The molecule has 0 saturated heterocycles. The molecule has 0 aliphatic heterocycles. The van der Waals surface area contributed by atoms with E-state index < -0.39 is 0 Å². The van der Waals surface area contributed by atoms with E-state index in [9.17, 15) is 0 Å². The van der Waals surface area contributed by atoms with Crippen LogP contribution in [-0.2, 0) is 6.42 Å². The average molecular weight is 240 g/mol. The van der Waals surface area contributed by atoms with E-state index in [1.165, 1.54) is 37.1 Å². The molecule has 3 heteroatoms. The highest BCUT2D eigenvalue weighted by Gasteiger charge is 2.00. The third kappa shape index (κ3) is 6.23. The second kappa shape index (κ2) is 8.71. The highest BCUT2D eigenvalue weighted by Crippen LogP contribution is 2.08. The molecule has 16 heavy (non-hydrogen) atoms. The fraction of sp³-hybridized carbons (Fsp3) is 0.769. The lowest BCUT2D eigenvalue weighted by Crippen LogP contribution is -2.26. The van der Waals surface area contributed by atoms with Crippen LogP contribution in [0.1, 0.15) is 51.0 Å². The van der Waals surface area contributed by atoms with E-state index in [0.29, 0.717) is 6.04 Å². The molecular weight excluding hydrogens is 216 g/mol. The molecule has 0 bridgehead atoms. The number of nitrogens with one attached hydrogen (secondary N) is 1. The van der Waals surface area contributed by atoms with Gasteiger partial charge < -0.3 is 5.32 Å². The predicted octanol–water partition coefficient (Wildman–Crippen LogP) is 3.63. The third-order valence-electron chi connectivity index (χ3n) is 2.78. The largest absolute Gasteiger partial charge is 0.314 e. The van der Waals surface area contributed by atoms with Crippen LogP contribution < -0.4 is 5.32 Å².